The quantitative estimate of drug-likeness (QED) is 0.494. The molecule has 0 saturated heterocycles. The Kier molecular flexibility index (Phi) is 4.63. The van der Waals surface area contributed by atoms with Crippen molar-refractivity contribution in [2.75, 3.05) is 7.11 Å². The number of benzene rings is 1. The van der Waals surface area contributed by atoms with Crippen LogP contribution in [0.5, 0.6) is 5.75 Å². The highest BCUT2D eigenvalue weighted by Gasteiger charge is 2.13. The van der Waals surface area contributed by atoms with Crippen LogP contribution in [-0.2, 0) is 4.84 Å². The molecule has 1 aromatic heterocycles. The predicted octanol–water partition coefficient (Wildman–Crippen LogP) is 3.18. The Hall–Kier alpha value is -2.01. The molecule has 106 valence electrons. The Morgan fingerprint density at radius 2 is 2.20 bits per heavy atom. The van der Waals surface area contributed by atoms with Gasteiger partial charge in [-0.15, -0.1) is 0 Å². The molecule has 0 N–H and O–H groups in total. The van der Waals surface area contributed by atoms with Gasteiger partial charge in [0.05, 0.1) is 12.1 Å². The number of hydrogen-bond acceptors (Lipinski definition) is 4. The number of aromatic nitrogens is 2. The molecule has 0 aliphatic carbocycles. The third-order valence-corrected chi connectivity index (χ3v) is 2.84. The predicted molar refractivity (Wildman–Crippen MR) is 78.4 cm³/mol. The number of halogens is 1. The molecule has 0 radical (unpaired) electrons. The summed E-state index contributed by atoms with van der Waals surface area (Å²) in [5.74, 6) is 1.25. The first-order chi connectivity index (χ1) is 9.61. The first kappa shape index (κ1) is 14.4. The van der Waals surface area contributed by atoms with Crippen molar-refractivity contribution in [2.24, 2.45) is 5.16 Å². The highest BCUT2D eigenvalue weighted by Crippen LogP contribution is 2.23. The van der Waals surface area contributed by atoms with Crippen LogP contribution in [-0.4, -0.2) is 28.6 Å². The van der Waals surface area contributed by atoms with Crippen LogP contribution < -0.4 is 4.74 Å². The molecular formula is C14H16ClN3O2. The van der Waals surface area contributed by atoms with E-state index in [9.17, 15) is 0 Å². The molecule has 20 heavy (non-hydrogen) atoms. The second kappa shape index (κ2) is 6.43. The summed E-state index contributed by atoms with van der Waals surface area (Å²) in [5.41, 5.74) is 0.713. The fraction of sp³-hybridized carbons (Fsp3) is 0.286. The van der Waals surface area contributed by atoms with E-state index in [2.05, 4.69) is 10.1 Å². The zero-order valence-corrected chi connectivity index (χ0v) is 12.3. The van der Waals surface area contributed by atoms with Gasteiger partial charge in [-0.25, -0.2) is 4.98 Å². The summed E-state index contributed by atoms with van der Waals surface area (Å²) in [5, 5.41) is 4.73. The highest BCUT2D eigenvalue weighted by atomic mass is 35.5. The minimum atomic E-state index is -0.0297. The molecule has 1 aromatic carbocycles. The number of imidazole rings is 1. The minimum absolute atomic E-state index is 0.0297. The third kappa shape index (κ3) is 3.30. The van der Waals surface area contributed by atoms with Gasteiger partial charge in [0.2, 0.25) is 0 Å². The molecule has 0 bridgehead atoms. The highest BCUT2D eigenvalue weighted by molar-refractivity contribution is 6.34. The average molecular weight is 294 g/mol. The van der Waals surface area contributed by atoms with Crippen LogP contribution in [0, 0.1) is 0 Å². The van der Waals surface area contributed by atoms with Crippen LogP contribution in [0.4, 0.5) is 0 Å². The molecule has 0 spiro atoms. The van der Waals surface area contributed by atoms with Crippen molar-refractivity contribution >= 4 is 17.4 Å². The Morgan fingerprint density at radius 1 is 1.40 bits per heavy atom. The van der Waals surface area contributed by atoms with Gasteiger partial charge in [-0.2, -0.15) is 0 Å². The van der Waals surface area contributed by atoms with Gasteiger partial charge in [0.25, 0.3) is 0 Å². The topological polar surface area (TPSA) is 48.6 Å². The molecule has 6 heteroatoms. The maximum atomic E-state index is 6.25. The maximum absolute atomic E-state index is 6.25. The van der Waals surface area contributed by atoms with Crippen LogP contribution in [0.1, 0.15) is 19.4 Å². The van der Waals surface area contributed by atoms with Gasteiger partial charge in [0.15, 0.2) is 5.84 Å². The second-order valence-corrected chi connectivity index (χ2v) is 4.79. The lowest BCUT2D eigenvalue weighted by Crippen LogP contribution is -2.14. The number of oxime groups is 1. The summed E-state index contributed by atoms with van der Waals surface area (Å²) in [7, 11) is 1.60. The fourth-order valence-electron chi connectivity index (χ4n) is 1.58. The summed E-state index contributed by atoms with van der Waals surface area (Å²) in [6.45, 7) is 3.81. The van der Waals surface area contributed by atoms with Crippen LogP contribution in [0.3, 0.4) is 0 Å². The molecule has 1 heterocycles. The normalized spacial score (nSPS) is 11.8. The SMILES string of the molecule is COc1ccc(Cl)c(/C(=N\OC(C)C)n2ccnc2)c1. The molecule has 2 aromatic rings. The van der Waals surface area contributed by atoms with Crippen LogP contribution in [0.25, 0.3) is 0 Å². The van der Waals surface area contributed by atoms with E-state index in [1.54, 1.807) is 42.5 Å². The lowest BCUT2D eigenvalue weighted by atomic mass is 10.2. The van der Waals surface area contributed by atoms with Crippen LogP contribution in [0.2, 0.25) is 5.02 Å². The first-order valence-electron chi connectivity index (χ1n) is 6.18. The Labute approximate surface area is 122 Å². The summed E-state index contributed by atoms with van der Waals surface area (Å²) >= 11 is 6.25. The van der Waals surface area contributed by atoms with Crippen molar-refractivity contribution in [2.45, 2.75) is 20.0 Å². The minimum Gasteiger partial charge on any atom is -0.497 e. The summed E-state index contributed by atoms with van der Waals surface area (Å²) in [4.78, 5) is 9.37. The lowest BCUT2D eigenvalue weighted by molar-refractivity contribution is 0.0853. The number of methoxy groups -OCH3 is 1. The van der Waals surface area contributed by atoms with E-state index in [1.165, 1.54) is 0 Å². The van der Waals surface area contributed by atoms with Crippen molar-refractivity contribution in [1.29, 1.82) is 0 Å². The number of rotatable bonds is 4. The smallest absolute Gasteiger partial charge is 0.186 e. The monoisotopic (exact) mass is 293 g/mol. The molecule has 5 nitrogen and oxygen atoms in total. The van der Waals surface area contributed by atoms with E-state index >= 15 is 0 Å². The van der Waals surface area contributed by atoms with Gasteiger partial charge in [0, 0.05) is 18.0 Å². The number of ether oxygens (including phenoxy) is 1. The van der Waals surface area contributed by atoms with Gasteiger partial charge in [-0.3, -0.25) is 4.57 Å². The molecule has 0 saturated carbocycles. The summed E-state index contributed by atoms with van der Waals surface area (Å²) < 4.78 is 6.96. The van der Waals surface area contributed by atoms with Crippen molar-refractivity contribution in [3.63, 3.8) is 0 Å². The maximum Gasteiger partial charge on any atom is 0.186 e. The molecule has 0 fully saturated rings. The largest absolute Gasteiger partial charge is 0.497 e. The van der Waals surface area contributed by atoms with Crippen LogP contribution >= 0.6 is 11.6 Å². The second-order valence-electron chi connectivity index (χ2n) is 4.38. The number of nitrogens with zero attached hydrogens (tertiary/aromatic N) is 3. The zero-order chi connectivity index (χ0) is 14.5. The lowest BCUT2D eigenvalue weighted by Gasteiger charge is -2.12. The van der Waals surface area contributed by atoms with Gasteiger partial charge < -0.3 is 9.57 Å². The Morgan fingerprint density at radius 3 is 2.80 bits per heavy atom. The Balaban J connectivity index is 2.49. The molecule has 0 aliphatic rings. The van der Waals surface area contributed by atoms with E-state index in [4.69, 9.17) is 21.2 Å². The van der Waals surface area contributed by atoms with E-state index < -0.39 is 0 Å². The van der Waals surface area contributed by atoms with Gasteiger partial charge >= 0.3 is 0 Å². The van der Waals surface area contributed by atoms with Crippen molar-refractivity contribution in [3.05, 3.63) is 47.5 Å². The zero-order valence-electron chi connectivity index (χ0n) is 11.6. The summed E-state index contributed by atoms with van der Waals surface area (Å²) in [6, 6.07) is 5.36. The van der Waals surface area contributed by atoms with Gasteiger partial charge in [-0.05, 0) is 32.0 Å². The molecule has 0 amide bonds. The van der Waals surface area contributed by atoms with Crippen molar-refractivity contribution < 1.29 is 9.57 Å². The fourth-order valence-corrected chi connectivity index (χ4v) is 1.78. The standard InChI is InChI=1S/C14H16ClN3O2/c1-10(2)20-17-14(18-7-6-16-9-18)12-8-11(19-3)4-5-13(12)15/h4-10H,1-3H3/b17-14+. The third-order valence-electron chi connectivity index (χ3n) is 2.51. The van der Waals surface area contributed by atoms with E-state index in [1.807, 2.05) is 19.9 Å². The summed E-state index contributed by atoms with van der Waals surface area (Å²) in [6.07, 6.45) is 5.05. The van der Waals surface area contributed by atoms with Crippen LogP contribution in [0.15, 0.2) is 42.1 Å². The molecule has 0 atom stereocenters. The number of hydrogen-bond donors (Lipinski definition) is 0. The molecule has 0 aliphatic heterocycles. The molecule has 0 unspecified atom stereocenters. The first-order valence-corrected chi connectivity index (χ1v) is 6.55. The molecular weight excluding hydrogens is 278 g/mol. The van der Waals surface area contributed by atoms with E-state index in [0.29, 0.717) is 22.2 Å². The van der Waals surface area contributed by atoms with E-state index in [-0.39, 0.29) is 6.10 Å². The van der Waals surface area contributed by atoms with Crippen molar-refractivity contribution in [3.8, 4) is 5.75 Å². The van der Waals surface area contributed by atoms with E-state index in [0.717, 1.165) is 0 Å². The average Bonchev–Trinajstić information content (AvgIpc) is 2.94. The molecule has 2 rings (SSSR count). The van der Waals surface area contributed by atoms with Gasteiger partial charge in [0.1, 0.15) is 18.2 Å². The van der Waals surface area contributed by atoms with Gasteiger partial charge in [-0.1, -0.05) is 16.8 Å². The van der Waals surface area contributed by atoms with Crippen molar-refractivity contribution in [1.82, 2.24) is 9.55 Å². The Bertz CT molecular complexity index is 594.